The maximum atomic E-state index is 13.1. The molecule has 1 unspecified atom stereocenters. The lowest BCUT2D eigenvalue weighted by atomic mass is 10.1. The normalized spacial score (nSPS) is 15.4. The van der Waals surface area contributed by atoms with E-state index in [1.54, 1.807) is 35.2 Å². The van der Waals surface area contributed by atoms with Crippen molar-refractivity contribution < 1.29 is 22.7 Å². The van der Waals surface area contributed by atoms with Crippen LogP contribution in [-0.2, 0) is 19.6 Å². The van der Waals surface area contributed by atoms with Crippen LogP contribution in [0.25, 0.3) is 0 Å². The molecule has 0 aromatic heterocycles. The molecule has 1 aliphatic heterocycles. The van der Waals surface area contributed by atoms with Crippen molar-refractivity contribution in [2.24, 2.45) is 0 Å². The van der Waals surface area contributed by atoms with Crippen LogP contribution in [0.5, 0.6) is 0 Å². The number of carbonyl (C=O) groups excluding carboxylic acids is 2. The summed E-state index contributed by atoms with van der Waals surface area (Å²) in [6, 6.07) is 14.9. The molecule has 1 N–H and O–H groups in total. The number of piperidine rings is 1. The summed E-state index contributed by atoms with van der Waals surface area (Å²) >= 11 is 0. The maximum Gasteiger partial charge on any atom is 0.339 e. The number of rotatable bonds is 6. The Labute approximate surface area is 170 Å². The van der Waals surface area contributed by atoms with Crippen molar-refractivity contribution in [2.75, 3.05) is 24.1 Å². The number of hydrogen-bond donors (Lipinski definition) is 1. The summed E-state index contributed by atoms with van der Waals surface area (Å²) < 4.78 is 30.8. The number of sulfonamides is 1. The van der Waals surface area contributed by atoms with Crippen molar-refractivity contribution in [1.29, 1.82) is 0 Å². The van der Waals surface area contributed by atoms with E-state index in [0.717, 1.165) is 25.5 Å². The molecular formula is C21H24N2O5S. The molecule has 8 heteroatoms. The first kappa shape index (κ1) is 20.9. The van der Waals surface area contributed by atoms with Gasteiger partial charge in [-0.3, -0.25) is 9.52 Å². The fourth-order valence-corrected chi connectivity index (χ4v) is 3.82. The summed E-state index contributed by atoms with van der Waals surface area (Å²) in [6.45, 7) is 1.29. The second-order valence-corrected chi connectivity index (χ2v) is 8.79. The fourth-order valence-electron chi connectivity index (χ4n) is 3.27. The Kier molecular flexibility index (Phi) is 6.53. The molecule has 2 aromatic carbocycles. The minimum atomic E-state index is -3.48. The number of carbonyl (C=O) groups is 2. The van der Waals surface area contributed by atoms with Crippen LogP contribution in [0.15, 0.2) is 54.6 Å². The molecular weight excluding hydrogens is 392 g/mol. The lowest BCUT2D eigenvalue weighted by Gasteiger charge is -2.30. The highest BCUT2D eigenvalue weighted by Gasteiger charge is 2.30. The van der Waals surface area contributed by atoms with E-state index in [2.05, 4.69) is 4.72 Å². The van der Waals surface area contributed by atoms with E-state index in [9.17, 15) is 18.0 Å². The minimum Gasteiger partial charge on any atom is -0.444 e. The summed E-state index contributed by atoms with van der Waals surface area (Å²) in [5.41, 5.74) is 1.01. The molecule has 1 amide bonds. The van der Waals surface area contributed by atoms with Crippen molar-refractivity contribution in [1.82, 2.24) is 4.90 Å². The average molecular weight is 416 g/mol. The summed E-state index contributed by atoms with van der Waals surface area (Å²) in [5, 5.41) is 0. The highest BCUT2D eigenvalue weighted by atomic mass is 32.2. The number of amides is 1. The van der Waals surface area contributed by atoms with Crippen LogP contribution in [0.1, 0.15) is 41.3 Å². The van der Waals surface area contributed by atoms with Gasteiger partial charge in [0.1, 0.15) is 0 Å². The van der Waals surface area contributed by atoms with Gasteiger partial charge >= 0.3 is 5.97 Å². The van der Waals surface area contributed by atoms with Crippen LogP contribution in [0.2, 0.25) is 0 Å². The fraction of sp³-hybridized carbons (Fsp3) is 0.333. The van der Waals surface area contributed by atoms with Crippen LogP contribution in [0.3, 0.4) is 0 Å². The average Bonchev–Trinajstić information content (AvgIpc) is 2.71. The van der Waals surface area contributed by atoms with Crippen molar-refractivity contribution in [3.8, 4) is 0 Å². The van der Waals surface area contributed by atoms with Crippen LogP contribution in [0.4, 0.5) is 5.69 Å². The van der Waals surface area contributed by atoms with Gasteiger partial charge in [0.05, 0.1) is 11.8 Å². The second kappa shape index (κ2) is 9.09. The monoisotopic (exact) mass is 416 g/mol. The molecule has 7 nitrogen and oxygen atoms in total. The lowest BCUT2D eigenvalue weighted by molar-refractivity contribution is -0.142. The zero-order chi connectivity index (χ0) is 20.9. The van der Waals surface area contributed by atoms with E-state index < -0.39 is 22.1 Å². The minimum absolute atomic E-state index is 0.158. The van der Waals surface area contributed by atoms with E-state index >= 15 is 0 Å². The van der Waals surface area contributed by atoms with Gasteiger partial charge in [-0.15, -0.1) is 0 Å². The van der Waals surface area contributed by atoms with Gasteiger partial charge < -0.3 is 9.64 Å². The molecule has 0 radical (unpaired) electrons. The van der Waals surface area contributed by atoms with Gasteiger partial charge in [0.25, 0.3) is 5.91 Å². The van der Waals surface area contributed by atoms with Crippen LogP contribution < -0.4 is 4.72 Å². The van der Waals surface area contributed by atoms with E-state index in [0.29, 0.717) is 18.7 Å². The first-order chi connectivity index (χ1) is 13.8. The van der Waals surface area contributed by atoms with Crippen molar-refractivity contribution >= 4 is 27.6 Å². The molecule has 0 bridgehead atoms. The second-order valence-electron chi connectivity index (χ2n) is 7.04. The third-order valence-corrected chi connectivity index (χ3v) is 5.23. The number of benzene rings is 2. The van der Waals surface area contributed by atoms with Gasteiger partial charge in [-0.25, -0.2) is 13.2 Å². The number of anilines is 1. The standard InChI is InChI=1S/C21H24N2O5S/c1-29(26,27)22-18-12-8-11-17(15-18)21(25)28-19(16-9-4-2-5-10-16)20(24)23-13-6-3-7-14-23/h2,4-5,8-12,15,19,22H,3,6-7,13-14H2,1H3. The molecule has 1 heterocycles. The number of likely N-dealkylation sites (tertiary alicyclic amines) is 1. The van der Waals surface area contributed by atoms with E-state index in [1.807, 2.05) is 6.07 Å². The number of nitrogens with one attached hydrogen (secondary N) is 1. The third kappa shape index (κ3) is 5.80. The predicted molar refractivity (Wildman–Crippen MR) is 110 cm³/mol. The van der Waals surface area contributed by atoms with Crippen LogP contribution >= 0.6 is 0 Å². The number of hydrogen-bond acceptors (Lipinski definition) is 5. The predicted octanol–water partition coefficient (Wildman–Crippen LogP) is 2.97. The maximum absolute atomic E-state index is 13.1. The SMILES string of the molecule is CS(=O)(=O)Nc1cccc(C(=O)OC(C(=O)N2CCCCC2)c2ccccc2)c1. The van der Waals surface area contributed by atoms with Gasteiger partial charge in [0.15, 0.2) is 0 Å². The molecule has 2 aromatic rings. The third-order valence-electron chi connectivity index (χ3n) is 4.62. The van der Waals surface area contributed by atoms with Crippen LogP contribution in [0, 0.1) is 0 Å². The van der Waals surface area contributed by atoms with Crippen molar-refractivity contribution in [2.45, 2.75) is 25.4 Å². The van der Waals surface area contributed by atoms with E-state index in [1.165, 1.54) is 18.2 Å². The van der Waals surface area contributed by atoms with E-state index in [-0.39, 0.29) is 17.2 Å². The molecule has 0 saturated carbocycles. The Balaban J connectivity index is 1.83. The molecule has 0 aliphatic carbocycles. The Morgan fingerprint density at radius 2 is 1.69 bits per heavy atom. The zero-order valence-corrected chi connectivity index (χ0v) is 17.0. The lowest BCUT2D eigenvalue weighted by Crippen LogP contribution is -2.40. The van der Waals surface area contributed by atoms with E-state index in [4.69, 9.17) is 4.74 Å². The van der Waals surface area contributed by atoms with Crippen LogP contribution in [-0.4, -0.2) is 44.5 Å². The number of ether oxygens (including phenoxy) is 1. The molecule has 29 heavy (non-hydrogen) atoms. The van der Waals surface area contributed by atoms with Gasteiger partial charge in [-0.1, -0.05) is 36.4 Å². The topological polar surface area (TPSA) is 92.8 Å². The molecule has 1 saturated heterocycles. The Morgan fingerprint density at radius 1 is 1.00 bits per heavy atom. The molecule has 1 atom stereocenters. The number of esters is 1. The summed E-state index contributed by atoms with van der Waals surface area (Å²) in [4.78, 5) is 27.6. The quantitative estimate of drug-likeness (QED) is 0.731. The highest BCUT2D eigenvalue weighted by Crippen LogP contribution is 2.24. The van der Waals surface area contributed by atoms with Gasteiger partial charge in [-0.2, -0.15) is 0 Å². The Hall–Kier alpha value is -2.87. The highest BCUT2D eigenvalue weighted by molar-refractivity contribution is 7.92. The van der Waals surface area contributed by atoms with Crippen molar-refractivity contribution in [3.63, 3.8) is 0 Å². The Morgan fingerprint density at radius 3 is 2.34 bits per heavy atom. The molecule has 1 aliphatic rings. The smallest absolute Gasteiger partial charge is 0.339 e. The first-order valence-corrected chi connectivity index (χ1v) is 11.4. The Bertz CT molecular complexity index is 970. The summed E-state index contributed by atoms with van der Waals surface area (Å²) in [7, 11) is -3.48. The largest absolute Gasteiger partial charge is 0.444 e. The molecule has 3 rings (SSSR count). The van der Waals surface area contributed by atoms with Crippen molar-refractivity contribution in [3.05, 3.63) is 65.7 Å². The zero-order valence-electron chi connectivity index (χ0n) is 16.2. The molecule has 1 fully saturated rings. The molecule has 0 spiro atoms. The van der Waals surface area contributed by atoms with Gasteiger partial charge in [0, 0.05) is 24.3 Å². The summed E-state index contributed by atoms with van der Waals surface area (Å²) in [5.74, 6) is -0.934. The molecule has 154 valence electrons. The first-order valence-electron chi connectivity index (χ1n) is 9.46. The van der Waals surface area contributed by atoms with Gasteiger partial charge in [0.2, 0.25) is 16.1 Å². The summed E-state index contributed by atoms with van der Waals surface area (Å²) in [6.07, 6.45) is 2.93. The number of nitrogens with zero attached hydrogens (tertiary/aromatic N) is 1. The van der Waals surface area contributed by atoms with Gasteiger partial charge in [-0.05, 0) is 37.5 Å².